The van der Waals surface area contributed by atoms with Crippen molar-refractivity contribution in [3.8, 4) is 11.3 Å². The summed E-state index contributed by atoms with van der Waals surface area (Å²) in [6.45, 7) is 1.91. The molecule has 4 rings (SSSR count). The zero-order valence-electron chi connectivity index (χ0n) is 14.3. The number of anilines is 1. The van der Waals surface area contributed by atoms with Crippen LogP contribution < -0.4 is 5.73 Å². The maximum Gasteiger partial charge on any atom is 0.268 e. The van der Waals surface area contributed by atoms with Crippen molar-refractivity contribution in [2.45, 2.75) is 11.8 Å². The van der Waals surface area contributed by atoms with Gasteiger partial charge < -0.3 is 5.73 Å². The lowest BCUT2D eigenvalue weighted by Crippen LogP contribution is -2.11. The highest BCUT2D eigenvalue weighted by Gasteiger charge is 2.22. The minimum atomic E-state index is -3.76. The molecule has 0 spiro atoms. The number of aryl methyl sites for hydroxylation is 1. The topological polar surface area (TPSA) is 90.9 Å². The molecular weight excluding hydrogens is 428 g/mol. The standard InChI is InChI=1S/C19H15BrN4O2S/c1-12-6-8-13(9-7-12)27(25,26)24-11-15(14-4-2-3-5-17(14)24)16-10-22-19(21)18(20)23-16/h2-11H,1H3,(H2,21,22). The third-order valence-electron chi connectivity index (χ3n) is 4.29. The molecule has 2 N–H and O–H groups in total. The van der Waals surface area contributed by atoms with Gasteiger partial charge in [0.25, 0.3) is 10.0 Å². The minimum Gasteiger partial charge on any atom is -0.381 e. The van der Waals surface area contributed by atoms with Gasteiger partial charge in [-0.3, -0.25) is 0 Å². The molecule has 0 bridgehead atoms. The van der Waals surface area contributed by atoms with Gasteiger partial charge in [0, 0.05) is 17.1 Å². The van der Waals surface area contributed by atoms with Gasteiger partial charge in [-0.1, -0.05) is 35.9 Å². The number of hydrogen-bond acceptors (Lipinski definition) is 5. The number of nitrogen functional groups attached to an aromatic ring is 1. The van der Waals surface area contributed by atoms with Crippen molar-refractivity contribution in [1.82, 2.24) is 13.9 Å². The SMILES string of the molecule is Cc1ccc(S(=O)(=O)n2cc(-c3cnc(N)c(Br)n3)c3ccccc32)cc1. The first-order valence-corrected chi connectivity index (χ1v) is 10.3. The predicted molar refractivity (Wildman–Crippen MR) is 109 cm³/mol. The Bertz CT molecular complexity index is 1260. The van der Waals surface area contributed by atoms with E-state index in [1.165, 1.54) is 10.2 Å². The Morgan fingerprint density at radius 1 is 1.07 bits per heavy atom. The Morgan fingerprint density at radius 3 is 2.48 bits per heavy atom. The molecule has 2 aromatic heterocycles. The van der Waals surface area contributed by atoms with E-state index in [1.807, 2.05) is 19.1 Å². The zero-order valence-corrected chi connectivity index (χ0v) is 16.7. The zero-order chi connectivity index (χ0) is 19.2. The van der Waals surface area contributed by atoms with Crippen LogP contribution in [0.1, 0.15) is 5.56 Å². The number of halogens is 1. The number of para-hydroxylation sites is 1. The van der Waals surface area contributed by atoms with Crippen LogP contribution in [-0.4, -0.2) is 22.4 Å². The van der Waals surface area contributed by atoms with Crippen LogP contribution in [0.3, 0.4) is 0 Å². The summed E-state index contributed by atoms with van der Waals surface area (Å²) in [7, 11) is -3.76. The second kappa shape index (κ2) is 6.47. The van der Waals surface area contributed by atoms with Gasteiger partial charge in [0.1, 0.15) is 4.60 Å². The first-order valence-electron chi connectivity index (χ1n) is 8.08. The van der Waals surface area contributed by atoms with E-state index >= 15 is 0 Å². The lowest BCUT2D eigenvalue weighted by atomic mass is 10.1. The van der Waals surface area contributed by atoms with Crippen molar-refractivity contribution < 1.29 is 8.42 Å². The maximum atomic E-state index is 13.2. The number of fused-ring (bicyclic) bond motifs is 1. The molecule has 0 saturated carbocycles. The van der Waals surface area contributed by atoms with Crippen LogP contribution in [0.4, 0.5) is 5.82 Å². The summed E-state index contributed by atoms with van der Waals surface area (Å²) in [6, 6.07) is 14.1. The fourth-order valence-electron chi connectivity index (χ4n) is 2.88. The summed E-state index contributed by atoms with van der Waals surface area (Å²) in [5, 5.41) is 0.763. The maximum absolute atomic E-state index is 13.2. The molecule has 2 aromatic carbocycles. The molecule has 0 aliphatic rings. The molecule has 0 aliphatic carbocycles. The second-order valence-corrected chi connectivity index (χ2v) is 8.67. The van der Waals surface area contributed by atoms with E-state index in [1.54, 1.807) is 42.6 Å². The summed E-state index contributed by atoms with van der Waals surface area (Å²) >= 11 is 3.27. The first-order chi connectivity index (χ1) is 12.9. The Morgan fingerprint density at radius 2 is 1.78 bits per heavy atom. The van der Waals surface area contributed by atoms with Crippen LogP contribution in [0.25, 0.3) is 22.2 Å². The van der Waals surface area contributed by atoms with Crippen LogP contribution >= 0.6 is 15.9 Å². The second-order valence-electron chi connectivity index (χ2n) is 6.11. The van der Waals surface area contributed by atoms with Gasteiger partial charge >= 0.3 is 0 Å². The lowest BCUT2D eigenvalue weighted by molar-refractivity contribution is 0.589. The highest BCUT2D eigenvalue weighted by atomic mass is 79.9. The van der Waals surface area contributed by atoms with E-state index < -0.39 is 10.0 Å². The summed E-state index contributed by atoms with van der Waals surface area (Å²) in [6.07, 6.45) is 3.11. The normalized spacial score (nSPS) is 11.8. The van der Waals surface area contributed by atoms with E-state index in [2.05, 4.69) is 25.9 Å². The molecule has 0 unspecified atom stereocenters. The lowest BCUT2D eigenvalue weighted by Gasteiger charge is -2.07. The van der Waals surface area contributed by atoms with Gasteiger partial charge in [-0.2, -0.15) is 0 Å². The van der Waals surface area contributed by atoms with Crippen LogP contribution in [0.5, 0.6) is 0 Å². The Hall–Kier alpha value is -2.71. The first kappa shape index (κ1) is 17.7. The summed E-state index contributed by atoms with van der Waals surface area (Å²) in [4.78, 5) is 8.73. The molecule has 0 aliphatic heterocycles. The molecule has 136 valence electrons. The Labute approximate surface area is 164 Å². The molecule has 0 saturated heterocycles. The number of nitrogens with two attached hydrogens (primary N) is 1. The predicted octanol–water partition coefficient (Wildman–Crippen LogP) is 3.99. The molecule has 6 nitrogen and oxygen atoms in total. The van der Waals surface area contributed by atoms with E-state index in [4.69, 9.17) is 5.73 Å². The molecule has 0 fully saturated rings. The summed E-state index contributed by atoms with van der Waals surface area (Å²) in [5.74, 6) is 0.273. The fourth-order valence-corrected chi connectivity index (χ4v) is 4.55. The van der Waals surface area contributed by atoms with Crippen molar-refractivity contribution in [2.75, 3.05) is 5.73 Å². The third kappa shape index (κ3) is 3.00. The monoisotopic (exact) mass is 442 g/mol. The molecule has 27 heavy (non-hydrogen) atoms. The van der Waals surface area contributed by atoms with Gasteiger partial charge in [-0.05, 0) is 41.1 Å². The number of benzene rings is 2. The number of rotatable bonds is 3. The van der Waals surface area contributed by atoms with Crippen LogP contribution in [0.15, 0.2) is 70.4 Å². The van der Waals surface area contributed by atoms with E-state index in [-0.39, 0.29) is 10.7 Å². The van der Waals surface area contributed by atoms with Crippen LogP contribution in [-0.2, 0) is 10.0 Å². The molecule has 0 radical (unpaired) electrons. The van der Waals surface area contributed by atoms with Crippen LogP contribution in [0, 0.1) is 6.92 Å². The Balaban J connectivity index is 1.97. The molecular formula is C19H15BrN4O2S. The van der Waals surface area contributed by atoms with E-state index in [9.17, 15) is 8.42 Å². The fraction of sp³-hybridized carbons (Fsp3) is 0.0526. The van der Waals surface area contributed by atoms with Gasteiger partial charge in [0.15, 0.2) is 5.82 Å². The summed E-state index contributed by atoms with van der Waals surface area (Å²) < 4.78 is 28.1. The van der Waals surface area contributed by atoms with Gasteiger partial charge in [0.05, 0.1) is 22.3 Å². The highest BCUT2D eigenvalue weighted by molar-refractivity contribution is 9.10. The van der Waals surface area contributed by atoms with Crippen molar-refractivity contribution in [3.05, 3.63) is 71.1 Å². The Kier molecular flexibility index (Phi) is 4.24. The van der Waals surface area contributed by atoms with Crippen molar-refractivity contribution >= 4 is 42.7 Å². The summed E-state index contributed by atoms with van der Waals surface area (Å²) in [5.41, 5.74) is 8.48. The third-order valence-corrected chi connectivity index (χ3v) is 6.56. The smallest absolute Gasteiger partial charge is 0.268 e. The number of aromatic nitrogens is 3. The van der Waals surface area contributed by atoms with Crippen molar-refractivity contribution in [2.24, 2.45) is 0 Å². The molecule has 2 heterocycles. The molecule has 0 amide bonds. The quantitative estimate of drug-likeness (QED) is 0.517. The minimum absolute atomic E-state index is 0.227. The molecule has 4 aromatic rings. The molecule has 8 heteroatoms. The number of nitrogens with zero attached hydrogens (tertiary/aromatic N) is 3. The van der Waals surface area contributed by atoms with Crippen molar-refractivity contribution in [3.63, 3.8) is 0 Å². The van der Waals surface area contributed by atoms with Crippen molar-refractivity contribution in [1.29, 1.82) is 0 Å². The van der Waals surface area contributed by atoms with Gasteiger partial charge in [0.2, 0.25) is 0 Å². The van der Waals surface area contributed by atoms with E-state index in [0.717, 1.165) is 10.9 Å². The molecule has 0 atom stereocenters. The van der Waals surface area contributed by atoms with Crippen LogP contribution in [0.2, 0.25) is 0 Å². The van der Waals surface area contributed by atoms with E-state index in [0.29, 0.717) is 21.4 Å². The number of hydrogen-bond donors (Lipinski definition) is 1. The average molecular weight is 443 g/mol. The highest BCUT2D eigenvalue weighted by Crippen LogP contribution is 2.33. The largest absolute Gasteiger partial charge is 0.381 e. The average Bonchev–Trinajstić information content (AvgIpc) is 3.05. The van der Waals surface area contributed by atoms with Gasteiger partial charge in [-0.25, -0.2) is 22.4 Å². The van der Waals surface area contributed by atoms with Gasteiger partial charge in [-0.15, -0.1) is 0 Å².